The third kappa shape index (κ3) is 12.9. The van der Waals surface area contributed by atoms with E-state index in [0.717, 1.165) is 121 Å². The number of fused-ring (bicyclic) bond motifs is 4. The second kappa shape index (κ2) is 26.9. The summed E-state index contributed by atoms with van der Waals surface area (Å²) in [4.78, 5) is 16.0. The first-order valence-electron chi connectivity index (χ1n) is 31.8. The molecule has 3 spiro atoms. The van der Waals surface area contributed by atoms with Crippen molar-refractivity contribution in [3.05, 3.63) is 261 Å². The fourth-order valence-corrected chi connectivity index (χ4v) is 14.3. The minimum atomic E-state index is -0.916. The molecule has 15 rings (SSSR count). The van der Waals surface area contributed by atoms with Gasteiger partial charge in [0.05, 0.1) is 19.8 Å². The summed E-state index contributed by atoms with van der Waals surface area (Å²) in [6, 6.07) is 65.9. The van der Waals surface area contributed by atoms with Gasteiger partial charge in [-0.15, -0.1) is 0 Å². The van der Waals surface area contributed by atoms with Gasteiger partial charge in [0.15, 0.2) is 24.4 Å². The van der Waals surface area contributed by atoms with Crippen LogP contribution in [0.3, 0.4) is 0 Å². The molecule has 0 aromatic heterocycles. The average Bonchev–Trinajstić information content (AvgIpc) is 1.70. The smallest absolute Gasteiger partial charge is 0.248 e. The van der Waals surface area contributed by atoms with Crippen LogP contribution in [0.5, 0.6) is 23.0 Å². The average molecular weight is 1210 g/mol. The number of rotatable bonds is 10. The Morgan fingerprint density at radius 3 is 1.26 bits per heavy atom. The van der Waals surface area contributed by atoms with E-state index < -0.39 is 11.2 Å². The van der Waals surface area contributed by atoms with E-state index in [2.05, 4.69) is 121 Å². The third-order valence-corrected chi connectivity index (χ3v) is 19.0. The van der Waals surface area contributed by atoms with Crippen LogP contribution in [-0.2, 0) is 44.7 Å². The van der Waals surface area contributed by atoms with Crippen LogP contribution in [0, 0.1) is 27.7 Å². The van der Waals surface area contributed by atoms with E-state index in [1.165, 1.54) is 27.8 Å². The highest BCUT2D eigenvalue weighted by Crippen LogP contribution is 2.50. The molecular formula is C77H86N4O9. The van der Waals surface area contributed by atoms with E-state index in [9.17, 15) is 9.90 Å². The number of aryl methyl sites for hydroxylation is 4. The molecule has 3 saturated heterocycles. The van der Waals surface area contributed by atoms with Crippen LogP contribution in [-0.4, -0.2) is 123 Å². The lowest BCUT2D eigenvalue weighted by molar-refractivity contribution is -0.175. The molecule has 90 heavy (non-hydrogen) atoms. The first-order valence-corrected chi connectivity index (χ1v) is 31.8. The Hall–Kier alpha value is -7.85. The van der Waals surface area contributed by atoms with Crippen LogP contribution in [0.4, 0.5) is 0 Å². The van der Waals surface area contributed by atoms with Gasteiger partial charge in [0.25, 0.3) is 0 Å². The lowest BCUT2D eigenvalue weighted by atomic mass is 9.94. The fourth-order valence-electron chi connectivity index (χ4n) is 14.3. The number of hydrogen-bond acceptors (Lipinski definition) is 12. The number of carbonyl (C=O) groups is 1. The van der Waals surface area contributed by atoms with Gasteiger partial charge in [-0.1, -0.05) is 170 Å². The number of ether oxygens (including phenoxy) is 7. The maximum atomic E-state index is 11.9. The van der Waals surface area contributed by atoms with E-state index in [1.807, 2.05) is 137 Å². The van der Waals surface area contributed by atoms with Crippen molar-refractivity contribution in [2.45, 2.75) is 100 Å². The van der Waals surface area contributed by atoms with E-state index >= 15 is 0 Å². The number of benzene rings is 8. The zero-order chi connectivity index (χ0) is 62.5. The molecule has 8 aromatic carbocycles. The lowest BCUT2D eigenvalue weighted by Crippen LogP contribution is -2.56. The summed E-state index contributed by atoms with van der Waals surface area (Å²) in [6.07, 6.45) is 2.53. The Morgan fingerprint density at radius 2 is 0.844 bits per heavy atom. The van der Waals surface area contributed by atoms with E-state index in [4.69, 9.17) is 33.2 Å². The van der Waals surface area contributed by atoms with Gasteiger partial charge in [-0.25, -0.2) is 0 Å². The molecule has 0 radical (unpaired) electrons. The molecule has 13 heteroatoms. The third-order valence-electron chi connectivity index (χ3n) is 19.0. The summed E-state index contributed by atoms with van der Waals surface area (Å²) >= 11 is 0. The van der Waals surface area contributed by atoms with Crippen molar-refractivity contribution in [2.24, 2.45) is 0 Å². The SMILES string of the molecule is CNC[C@@]1(O)Cc2ccccc2[C@H]1Oc1ccccc1C.Cc1ccccc1O[C@@H]1c2ccccc2C[C@]12CN(C)C(=O)CO2.Cc1ccccc1O[C@@H]1c2ccccc2C[C@]12CN(C)CCO2.Cc1ccccc1O[C@@H]1c2ccccc2C[C@]12CNCCO2. The van der Waals surface area contributed by atoms with Gasteiger partial charge in [-0.2, -0.15) is 0 Å². The molecule has 8 aromatic rings. The molecule has 3 fully saturated rings. The highest BCUT2D eigenvalue weighted by atomic mass is 16.6. The molecule has 0 saturated carbocycles. The minimum Gasteiger partial charge on any atom is -0.482 e. The molecule has 0 unspecified atom stereocenters. The van der Waals surface area contributed by atoms with Gasteiger partial charge in [0.1, 0.15) is 52.0 Å². The fraction of sp³-hybridized carbons (Fsp3) is 0.364. The largest absolute Gasteiger partial charge is 0.482 e. The van der Waals surface area contributed by atoms with Crippen molar-refractivity contribution in [3.63, 3.8) is 0 Å². The summed E-state index contributed by atoms with van der Waals surface area (Å²) in [5.74, 6) is 3.60. The van der Waals surface area contributed by atoms with Crippen LogP contribution in [0.1, 0.15) is 91.2 Å². The Kier molecular flexibility index (Phi) is 18.7. The van der Waals surface area contributed by atoms with Crippen molar-refractivity contribution < 1.29 is 43.1 Å². The van der Waals surface area contributed by atoms with E-state index in [1.54, 1.807) is 4.90 Å². The van der Waals surface area contributed by atoms with Gasteiger partial charge in [0.2, 0.25) is 5.91 Å². The molecule has 3 N–H and O–H groups in total. The van der Waals surface area contributed by atoms with Gasteiger partial charge in [0, 0.05) is 65.5 Å². The van der Waals surface area contributed by atoms with Crippen molar-refractivity contribution >= 4 is 5.91 Å². The maximum absolute atomic E-state index is 11.9. The Morgan fingerprint density at radius 1 is 0.478 bits per heavy atom. The van der Waals surface area contributed by atoms with Crippen LogP contribution >= 0.6 is 0 Å². The van der Waals surface area contributed by atoms with Crippen molar-refractivity contribution in [2.75, 3.05) is 80.2 Å². The zero-order valence-electron chi connectivity index (χ0n) is 53.1. The number of carbonyl (C=O) groups excluding carboxylic acids is 1. The summed E-state index contributed by atoms with van der Waals surface area (Å²) in [6.45, 7) is 14.5. The number of likely N-dealkylation sites (N-methyl/N-ethyl adjacent to an activating group) is 3. The van der Waals surface area contributed by atoms with Gasteiger partial charge in [-0.05, 0) is 133 Å². The monoisotopic (exact) mass is 1210 g/mol. The lowest BCUT2D eigenvalue weighted by Gasteiger charge is -2.42. The first-order chi connectivity index (χ1) is 43.7. The van der Waals surface area contributed by atoms with Crippen LogP contribution in [0.2, 0.25) is 0 Å². The van der Waals surface area contributed by atoms with Crippen molar-refractivity contribution in [3.8, 4) is 23.0 Å². The molecule has 13 nitrogen and oxygen atoms in total. The number of morpholine rings is 3. The van der Waals surface area contributed by atoms with Crippen LogP contribution in [0.15, 0.2) is 194 Å². The number of hydrogen-bond donors (Lipinski definition) is 3. The van der Waals surface area contributed by atoms with Crippen LogP contribution in [0.25, 0.3) is 0 Å². The normalized spacial score (nSPS) is 26.0. The van der Waals surface area contributed by atoms with Gasteiger partial charge < -0.3 is 58.7 Å². The predicted molar refractivity (Wildman–Crippen MR) is 352 cm³/mol. The summed E-state index contributed by atoms with van der Waals surface area (Å²) in [5.41, 5.74) is 12.3. The van der Waals surface area contributed by atoms with Gasteiger partial charge >= 0.3 is 0 Å². The number of amides is 1. The highest BCUT2D eigenvalue weighted by molar-refractivity contribution is 5.78. The molecule has 468 valence electrons. The standard InChI is InChI=1S/C20H21NO3.C20H23NO2.C19H21NO2.C18H21NO2/c1-14-7-3-6-10-17(14)24-19-16-9-5-4-8-15(16)11-20(19)13-21(2)18(22)12-23-20;1-15-7-3-6-10-18(15)23-19-17-9-5-4-8-16(17)13-20(19)14-21(2)11-12-22-20;1-14-6-2-5-9-17(14)22-18-16-8-4-3-7-15(16)12-19(18)13-20-10-11-21-19;1-13-7-3-6-10-16(13)21-17-15-9-5-4-8-14(15)11-18(17,20)12-19-2/h3-10,19H,11-13H2,1-2H3;3-10,19H,11-14H2,1-2H3;2-9,18,20H,10-13H2,1H3;3-10,17,19-20H,11-12H2,1-2H3/t2*19-,20+;18-,19+;17-,18+/m1111/s1. The summed E-state index contributed by atoms with van der Waals surface area (Å²) in [7, 11) is 5.85. The summed E-state index contributed by atoms with van der Waals surface area (Å²) < 4.78 is 44.3. The molecular weight excluding hydrogens is 1120 g/mol. The van der Waals surface area contributed by atoms with E-state index in [-0.39, 0.29) is 48.1 Å². The first kappa shape index (κ1) is 62.3. The zero-order valence-corrected chi connectivity index (χ0v) is 53.1. The number of nitrogens with zero attached hydrogens (tertiary/aromatic N) is 2. The quantitative estimate of drug-likeness (QED) is 0.120. The molecule has 8 atom stereocenters. The Labute approximate surface area is 531 Å². The minimum absolute atomic E-state index is 0.0197. The van der Waals surface area contributed by atoms with Gasteiger partial charge in [-0.3, -0.25) is 4.79 Å². The molecule has 1 amide bonds. The number of aliphatic hydroxyl groups is 1. The highest BCUT2D eigenvalue weighted by Gasteiger charge is 2.54. The molecule has 0 bridgehead atoms. The van der Waals surface area contributed by atoms with E-state index in [0.29, 0.717) is 19.5 Å². The molecule has 3 aliphatic heterocycles. The van der Waals surface area contributed by atoms with Crippen molar-refractivity contribution in [1.82, 2.24) is 20.4 Å². The molecule has 7 aliphatic rings. The predicted octanol–water partition coefficient (Wildman–Crippen LogP) is 11.9. The number of para-hydroxylation sites is 4. The summed E-state index contributed by atoms with van der Waals surface area (Å²) in [5, 5.41) is 17.6. The van der Waals surface area contributed by atoms with Crippen LogP contribution < -0.4 is 29.6 Å². The Balaban J connectivity index is 0.000000116. The molecule has 4 aliphatic carbocycles. The topological polar surface area (TPSA) is 132 Å². The van der Waals surface area contributed by atoms with Crippen molar-refractivity contribution in [1.29, 1.82) is 0 Å². The molecule has 3 heterocycles. The second-order valence-electron chi connectivity index (χ2n) is 25.5. The maximum Gasteiger partial charge on any atom is 0.248 e. The Bertz CT molecular complexity index is 3790. The number of nitrogens with one attached hydrogen (secondary N) is 2. The second-order valence-corrected chi connectivity index (χ2v) is 25.5.